The Morgan fingerprint density at radius 1 is 0.667 bits per heavy atom. The summed E-state index contributed by atoms with van der Waals surface area (Å²) in [5, 5.41) is 0. The number of benzene rings is 1. The number of hydrogen-bond donors (Lipinski definition) is 0. The van der Waals surface area contributed by atoms with Gasteiger partial charge in [0.2, 0.25) is 0 Å². The summed E-state index contributed by atoms with van der Waals surface area (Å²) >= 11 is 0. The van der Waals surface area contributed by atoms with E-state index < -0.39 is 11.9 Å². The first-order valence-corrected chi connectivity index (χ1v) is 11.4. The van der Waals surface area contributed by atoms with Gasteiger partial charge in [0, 0.05) is 13.2 Å². The molecule has 0 aliphatic heterocycles. The van der Waals surface area contributed by atoms with Crippen molar-refractivity contribution >= 4 is 0 Å². The van der Waals surface area contributed by atoms with Crippen LogP contribution in [0.5, 0.6) is 5.75 Å². The van der Waals surface area contributed by atoms with Gasteiger partial charge >= 0.3 is 11.9 Å². The number of ether oxygens (including phenoxy) is 6. The van der Waals surface area contributed by atoms with Gasteiger partial charge in [0.15, 0.2) is 0 Å². The number of para-hydroxylation sites is 1. The molecule has 0 heterocycles. The third-order valence-corrected chi connectivity index (χ3v) is 4.43. The molecule has 0 N–H and O–H groups in total. The van der Waals surface area contributed by atoms with Crippen LogP contribution in [0.25, 0.3) is 0 Å². The van der Waals surface area contributed by atoms with Crippen LogP contribution in [0.4, 0.5) is 0 Å². The minimum absolute atomic E-state index is 0.326. The molecule has 6 heteroatoms. The molecule has 0 aliphatic carbocycles. The van der Waals surface area contributed by atoms with Crippen LogP contribution in [0.2, 0.25) is 0 Å². The molecule has 30 heavy (non-hydrogen) atoms. The van der Waals surface area contributed by atoms with Gasteiger partial charge in [-0.2, -0.15) is 0 Å². The SMILES string of the molecule is CCOC(OCC)(OCCCCCC(C)C)C(OCC)(OCC)Oc1ccccc1. The molecule has 0 radical (unpaired) electrons. The van der Waals surface area contributed by atoms with E-state index in [1.165, 1.54) is 12.8 Å². The number of unbranched alkanes of at least 4 members (excludes halogenated alkanes) is 2. The zero-order chi connectivity index (χ0) is 22.3. The van der Waals surface area contributed by atoms with Gasteiger partial charge in [-0.1, -0.05) is 51.3 Å². The molecule has 1 aromatic carbocycles. The predicted octanol–water partition coefficient (Wildman–Crippen LogP) is 5.75. The molecule has 0 saturated heterocycles. The van der Waals surface area contributed by atoms with Crippen molar-refractivity contribution in [3.63, 3.8) is 0 Å². The maximum absolute atomic E-state index is 6.24. The normalized spacial score (nSPS) is 12.5. The molecule has 1 rings (SSSR count). The number of hydrogen-bond acceptors (Lipinski definition) is 6. The van der Waals surface area contributed by atoms with Crippen molar-refractivity contribution in [1.29, 1.82) is 0 Å². The van der Waals surface area contributed by atoms with Gasteiger partial charge in [0.25, 0.3) is 0 Å². The molecule has 1 aromatic rings. The highest BCUT2D eigenvalue weighted by molar-refractivity contribution is 5.21. The Morgan fingerprint density at radius 2 is 1.20 bits per heavy atom. The summed E-state index contributed by atoms with van der Waals surface area (Å²) in [5.74, 6) is -2.08. The fourth-order valence-electron chi connectivity index (χ4n) is 3.17. The van der Waals surface area contributed by atoms with E-state index in [1.807, 2.05) is 58.0 Å². The van der Waals surface area contributed by atoms with Gasteiger partial charge in [0.05, 0.1) is 19.8 Å². The average molecular weight is 427 g/mol. The van der Waals surface area contributed by atoms with Crippen molar-refractivity contribution in [3.05, 3.63) is 30.3 Å². The van der Waals surface area contributed by atoms with Gasteiger partial charge in [-0.3, -0.25) is 0 Å². The lowest BCUT2D eigenvalue weighted by Crippen LogP contribution is -2.66. The highest BCUT2D eigenvalue weighted by Gasteiger charge is 2.62. The van der Waals surface area contributed by atoms with Crippen molar-refractivity contribution in [3.8, 4) is 5.75 Å². The van der Waals surface area contributed by atoms with E-state index in [0.29, 0.717) is 44.7 Å². The van der Waals surface area contributed by atoms with E-state index in [-0.39, 0.29) is 0 Å². The Balaban J connectivity index is 3.13. The second kappa shape index (κ2) is 14.8. The third-order valence-electron chi connectivity index (χ3n) is 4.43. The zero-order valence-electron chi connectivity index (χ0n) is 19.8. The van der Waals surface area contributed by atoms with Crippen LogP contribution < -0.4 is 4.74 Å². The summed E-state index contributed by atoms with van der Waals surface area (Å²) in [6.45, 7) is 13.8. The monoisotopic (exact) mass is 426 g/mol. The quantitative estimate of drug-likeness (QED) is 0.220. The molecule has 6 nitrogen and oxygen atoms in total. The molecule has 0 spiro atoms. The summed E-state index contributed by atoms with van der Waals surface area (Å²) in [6.07, 6.45) is 4.33. The van der Waals surface area contributed by atoms with Crippen molar-refractivity contribution in [2.45, 2.75) is 79.2 Å². The van der Waals surface area contributed by atoms with E-state index in [1.54, 1.807) is 0 Å². The van der Waals surface area contributed by atoms with Crippen LogP contribution in [0.3, 0.4) is 0 Å². The Labute approximate surface area is 183 Å². The van der Waals surface area contributed by atoms with Crippen LogP contribution in [0, 0.1) is 5.92 Å². The topological polar surface area (TPSA) is 55.4 Å². The van der Waals surface area contributed by atoms with Crippen molar-refractivity contribution in [2.75, 3.05) is 33.0 Å². The molecule has 0 bridgehead atoms. The van der Waals surface area contributed by atoms with Gasteiger partial charge in [0.1, 0.15) is 5.75 Å². The maximum atomic E-state index is 6.24. The molecular weight excluding hydrogens is 384 g/mol. The summed E-state index contributed by atoms with van der Waals surface area (Å²) in [7, 11) is 0. The largest absolute Gasteiger partial charge is 0.433 e. The van der Waals surface area contributed by atoms with E-state index >= 15 is 0 Å². The molecule has 0 fully saturated rings. The highest BCUT2D eigenvalue weighted by Crippen LogP contribution is 2.37. The van der Waals surface area contributed by atoms with E-state index in [2.05, 4.69) is 13.8 Å². The van der Waals surface area contributed by atoms with E-state index in [4.69, 9.17) is 28.4 Å². The molecular formula is C24H42O6. The second-order valence-corrected chi connectivity index (χ2v) is 7.35. The van der Waals surface area contributed by atoms with E-state index in [9.17, 15) is 0 Å². The van der Waals surface area contributed by atoms with Gasteiger partial charge < -0.3 is 28.4 Å². The van der Waals surface area contributed by atoms with Crippen molar-refractivity contribution in [2.24, 2.45) is 5.92 Å². The Bertz CT molecular complexity index is 522. The number of rotatable bonds is 18. The lowest BCUT2D eigenvalue weighted by molar-refractivity contribution is -0.543. The molecule has 0 saturated carbocycles. The first kappa shape index (κ1) is 26.9. The molecule has 0 aliphatic rings. The summed E-state index contributed by atoms with van der Waals surface area (Å²) in [6, 6.07) is 9.36. The smallest absolute Gasteiger partial charge is 0.414 e. The van der Waals surface area contributed by atoms with Gasteiger partial charge in [-0.25, -0.2) is 0 Å². The first-order chi connectivity index (χ1) is 14.5. The third kappa shape index (κ3) is 8.16. The summed E-state index contributed by atoms with van der Waals surface area (Å²) in [5.41, 5.74) is 0. The van der Waals surface area contributed by atoms with Crippen LogP contribution in [-0.2, 0) is 23.7 Å². The predicted molar refractivity (Wildman–Crippen MR) is 118 cm³/mol. The molecule has 0 amide bonds. The van der Waals surface area contributed by atoms with Gasteiger partial charge in [-0.15, -0.1) is 0 Å². The Kier molecular flexibility index (Phi) is 13.2. The summed E-state index contributed by atoms with van der Waals surface area (Å²) < 4.78 is 36.6. The van der Waals surface area contributed by atoms with E-state index in [0.717, 1.165) is 12.8 Å². The van der Waals surface area contributed by atoms with Gasteiger partial charge in [-0.05, 0) is 52.2 Å². The Morgan fingerprint density at radius 3 is 1.70 bits per heavy atom. The zero-order valence-corrected chi connectivity index (χ0v) is 19.8. The lowest BCUT2D eigenvalue weighted by Gasteiger charge is -2.45. The van der Waals surface area contributed by atoms with Crippen molar-refractivity contribution < 1.29 is 28.4 Å². The van der Waals surface area contributed by atoms with Crippen LogP contribution in [0.15, 0.2) is 30.3 Å². The summed E-state index contributed by atoms with van der Waals surface area (Å²) in [4.78, 5) is 0. The minimum atomic E-state index is -1.71. The average Bonchev–Trinajstić information content (AvgIpc) is 2.71. The van der Waals surface area contributed by atoms with Crippen molar-refractivity contribution in [1.82, 2.24) is 0 Å². The fourth-order valence-corrected chi connectivity index (χ4v) is 3.17. The Hall–Kier alpha value is -1.18. The lowest BCUT2D eigenvalue weighted by atomic mass is 10.1. The molecule has 0 atom stereocenters. The van der Waals surface area contributed by atoms with Crippen LogP contribution in [-0.4, -0.2) is 45.0 Å². The second-order valence-electron chi connectivity index (χ2n) is 7.35. The maximum Gasteiger partial charge on any atom is 0.414 e. The standard InChI is InChI=1S/C24H42O6/c1-7-25-23(26-8-2,29-20-16-12-13-17-21(5)6)24(27-9-3,28-10-4)30-22-18-14-11-15-19-22/h11,14-15,18-19,21H,7-10,12-13,16-17,20H2,1-6H3. The van der Waals surface area contributed by atoms with Crippen LogP contribution in [0.1, 0.15) is 67.2 Å². The first-order valence-electron chi connectivity index (χ1n) is 11.4. The van der Waals surface area contributed by atoms with Crippen LogP contribution >= 0.6 is 0 Å². The minimum Gasteiger partial charge on any atom is -0.433 e. The molecule has 0 aromatic heterocycles. The molecule has 174 valence electrons. The highest BCUT2D eigenvalue weighted by atomic mass is 17.0. The molecule has 0 unspecified atom stereocenters. The fraction of sp³-hybridized carbons (Fsp3) is 0.750.